The summed E-state index contributed by atoms with van der Waals surface area (Å²) in [6, 6.07) is 14.3. The maximum atomic E-state index is 12.9. The molecule has 0 spiro atoms. The van der Waals surface area contributed by atoms with Crippen LogP contribution in [0.25, 0.3) is 22.6 Å². The Bertz CT molecular complexity index is 1110. The molecule has 5 rings (SSSR count). The van der Waals surface area contributed by atoms with Gasteiger partial charge in [0, 0.05) is 5.56 Å². The lowest BCUT2D eigenvalue weighted by molar-refractivity contribution is -0.121. The van der Waals surface area contributed by atoms with Crippen LogP contribution in [0.2, 0.25) is 0 Å². The van der Waals surface area contributed by atoms with E-state index < -0.39 is 6.04 Å². The Hall–Kier alpha value is -3.25. The Balaban J connectivity index is 1.25. The summed E-state index contributed by atoms with van der Waals surface area (Å²) in [6.07, 6.45) is 8.29. The summed E-state index contributed by atoms with van der Waals surface area (Å²) in [5, 5.41) is 3.28. The molecule has 1 unspecified atom stereocenters. The van der Waals surface area contributed by atoms with Crippen LogP contribution in [0, 0.1) is 0 Å². The van der Waals surface area contributed by atoms with Crippen molar-refractivity contribution >= 4 is 28.6 Å². The minimum absolute atomic E-state index is 0.172. The van der Waals surface area contributed by atoms with E-state index in [1.807, 2.05) is 36.4 Å². The summed E-state index contributed by atoms with van der Waals surface area (Å²) in [5.41, 5.74) is 4.36. The molecule has 2 heterocycles. The minimum atomic E-state index is -0.451. The zero-order valence-electron chi connectivity index (χ0n) is 17.3. The summed E-state index contributed by atoms with van der Waals surface area (Å²) in [7, 11) is 0. The van der Waals surface area contributed by atoms with E-state index in [2.05, 4.69) is 16.4 Å². The van der Waals surface area contributed by atoms with E-state index in [0.29, 0.717) is 11.6 Å². The number of aromatic nitrogens is 1. The number of fused-ring (bicyclic) bond motifs is 1. The van der Waals surface area contributed by atoms with Crippen LogP contribution in [0.5, 0.6) is 0 Å². The highest BCUT2D eigenvalue weighted by atomic mass is 16.3. The van der Waals surface area contributed by atoms with E-state index in [-0.39, 0.29) is 18.2 Å². The van der Waals surface area contributed by atoms with E-state index in [1.165, 1.54) is 23.3 Å². The minimum Gasteiger partial charge on any atom is -0.436 e. The third-order valence-corrected chi connectivity index (χ3v) is 6.03. The van der Waals surface area contributed by atoms with Crippen LogP contribution in [0.3, 0.4) is 0 Å². The zero-order chi connectivity index (χ0) is 21.2. The van der Waals surface area contributed by atoms with Crippen LogP contribution < -0.4 is 10.2 Å². The van der Waals surface area contributed by atoms with Crippen molar-refractivity contribution < 1.29 is 14.0 Å². The molecule has 1 aliphatic carbocycles. The van der Waals surface area contributed by atoms with Crippen molar-refractivity contribution in [2.75, 3.05) is 11.4 Å². The summed E-state index contributed by atoms with van der Waals surface area (Å²) in [5.74, 6) is 0.162. The van der Waals surface area contributed by atoms with Crippen LogP contribution in [0.15, 0.2) is 64.6 Å². The fraction of sp³-hybridized carbons (Fsp3) is 0.320. The molecule has 3 aromatic rings. The largest absolute Gasteiger partial charge is 0.436 e. The molecule has 1 fully saturated rings. The van der Waals surface area contributed by atoms with Crippen LogP contribution in [-0.4, -0.2) is 29.4 Å². The Labute approximate surface area is 180 Å². The summed E-state index contributed by atoms with van der Waals surface area (Å²) in [4.78, 5) is 31.2. The molecule has 2 aliphatic rings. The number of allylic oxidation sites excluding steroid dienone is 1. The number of hydrogen-bond donors (Lipinski definition) is 1. The monoisotopic (exact) mass is 415 g/mol. The third kappa shape index (κ3) is 4.03. The molecule has 0 radical (unpaired) electrons. The molecule has 158 valence electrons. The number of carbonyl (C=O) groups is 2. The molecule has 31 heavy (non-hydrogen) atoms. The van der Waals surface area contributed by atoms with Crippen LogP contribution in [-0.2, 0) is 9.59 Å². The lowest BCUT2D eigenvalue weighted by atomic mass is 9.97. The van der Waals surface area contributed by atoms with Crippen molar-refractivity contribution in [2.45, 2.75) is 44.6 Å². The van der Waals surface area contributed by atoms with E-state index in [4.69, 9.17) is 4.42 Å². The van der Waals surface area contributed by atoms with Gasteiger partial charge in [0.15, 0.2) is 5.58 Å². The molecule has 2 amide bonds. The van der Waals surface area contributed by atoms with E-state index in [0.717, 1.165) is 42.5 Å². The van der Waals surface area contributed by atoms with Gasteiger partial charge in [-0.25, -0.2) is 9.88 Å². The summed E-state index contributed by atoms with van der Waals surface area (Å²) >= 11 is 0. The number of nitrogens with zero attached hydrogens (tertiary/aromatic N) is 2. The number of amides is 2. The molecule has 6 heteroatoms. The predicted octanol–water partition coefficient (Wildman–Crippen LogP) is 4.61. The first kappa shape index (κ1) is 19.7. The number of hydrogen-bond acceptors (Lipinski definition) is 5. The second-order valence-electron chi connectivity index (χ2n) is 8.17. The van der Waals surface area contributed by atoms with Gasteiger partial charge in [0.05, 0.1) is 18.2 Å². The lowest BCUT2D eigenvalue weighted by Crippen LogP contribution is -2.39. The SMILES string of the molecule is O=C1CC(NCCC2=CCCCC2)C(=O)N1c1ccc(-c2nc3ccccc3o2)cc1. The lowest BCUT2D eigenvalue weighted by Gasteiger charge is -2.17. The standard InChI is InChI=1S/C25H25N3O3/c29-23-16-21(26-15-14-17-6-2-1-3-7-17)25(30)28(23)19-12-10-18(11-13-19)24-27-20-8-4-5-9-22(20)31-24/h4-6,8-13,21,26H,1-3,7,14-16H2. The van der Waals surface area contributed by atoms with Gasteiger partial charge in [-0.2, -0.15) is 0 Å². The van der Waals surface area contributed by atoms with Crippen LogP contribution >= 0.6 is 0 Å². The molecule has 1 aliphatic heterocycles. The molecule has 1 atom stereocenters. The quantitative estimate of drug-likeness (QED) is 0.470. The molecular weight excluding hydrogens is 390 g/mol. The average Bonchev–Trinajstić information content (AvgIpc) is 3.35. The van der Waals surface area contributed by atoms with Crippen molar-refractivity contribution in [3.63, 3.8) is 0 Å². The number of carbonyl (C=O) groups excluding carboxylic acids is 2. The van der Waals surface area contributed by atoms with Gasteiger partial charge in [0.2, 0.25) is 11.8 Å². The van der Waals surface area contributed by atoms with Crippen molar-refractivity contribution in [1.82, 2.24) is 10.3 Å². The molecule has 0 saturated carbocycles. The average molecular weight is 415 g/mol. The van der Waals surface area contributed by atoms with Crippen LogP contribution in [0.4, 0.5) is 5.69 Å². The fourth-order valence-electron chi connectivity index (χ4n) is 4.35. The predicted molar refractivity (Wildman–Crippen MR) is 120 cm³/mol. The van der Waals surface area contributed by atoms with Gasteiger partial charge in [-0.15, -0.1) is 0 Å². The topological polar surface area (TPSA) is 75.4 Å². The van der Waals surface area contributed by atoms with Gasteiger partial charge < -0.3 is 9.73 Å². The Morgan fingerprint density at radius 2 is 1.90 bits per heavy atom. The summed E-state index contributed by atoms with van der Waals surface area (Å²) < 4.78 is 5.80. The normalized spacial score (nSPS) is 19.3. The van der Waals surface area contributed by atoms with E-state index in [1.54, 1.807) is 12.1 Å². The first-order valence-corrected chi connectivity index (χ1v) is 10.9. The third-order valence-electron chi connectivity index (χ3n) is 6.03. The highest BCUT2D eigenvalue weighted by Gasteiger charge is 2.39. The molecular formula is C25H25N3O3. The molecule has 0 bridgehead atoms. The molecule has 1 aromatic heterocycles. The Kier molecular flexibility index (Phi) is 5.38. The molecule has 1 saturated heterocycles. The molecule has 6 nitrogen and oxygen atoms in total. The smallest absolute Gasteiger partial charge is 0.251 e. The second kappa shape index (κ2) is 8.47. The van der Waals surface area contributed by atoms with Crippen molar-refractivity contribution in [1.29, 1.82) is 0 Å². The maximum Gasteiger partial charge on any atom is 0.251 e. The first-order chi connectivity index (χ1) is 15.2. The van der Waals surface area contributed by atoms with Gasteiger partial charge in [0.1, 0.15) is 5.52 Å². The van der Waals surface area contributed by atoms with E-state index >= 15 is 0 Å². The van der Waals surface area contributed by atoms with Gasteiger partial charge in [-0.3, -0.25) is 9.59 Å². The van der Waals surface area contributed by atoms with Gasteiger partial charge in [-0.05, 0) is 75.0 Å². The van der Waals surface area contributed by atoms with Gasteiger partial charge >= 0.3 is 0 Å². The van der Waals surface area contributed by atoms with Crippen LogP contribution in [0.1, 0.15) is 38.5 Å². The number of oxazole rings is 1. The van der Waals surface area contributed by atoms with E-state index in [9.17, 15) is 9.59 Å². The molecule has 1 N–H and O–H groups in total. The molecule has 2 aromatic carbocycles. The van der Waals surface area contributed by atoms with Crippen molar-refractivity contribution in [2.24, 2.45) is 0 Å². The number of imide groups is 1. The highest BCUT2D eigenvalue weighted by Crippen LogP contribution is 2.28. The number of benzene rings is 2. The van der Waals surface area contributed by atoms with Gasteiger partial charge in [0.25, 0.3) is 5.91 Å². The fourth-order valence-corrected chi connectivity index (χ4v) is 4.35. The second-order valence-corrected chi connectivity index (χ2v) is 8.17. The van der Waals surface area contributed by atoms with Gasteiger partial charge in [-0.1, -0.05) is 23.8 Å². The Morgan fingerprint density at radius 1 is 1.06 bits per heavy atom. The zero-order valence-corrected chi connectivity index (χ0v) is 17.3. The number of para-hydroxylation sites is 2. The van der Waals surface area contributed by atoms with Crippen molar-refractivity contribution in [3.05, 3.63) is 60.2 Å². The number of anilines is 1. The van der Waals surface area contributed by atoms with Crippen molar-refractivity contribution in [3.8, 4) is 11.5 Å². The maximum absolute atomic E-state index is 12.9. The number of rotatable bonds is 6. The first-order valence-electron chi connectivity index (χ1n) is 10.9. The summed E-state index contributed by atoms with van der Waals surface area (Å²) in [6.45, 7) is 0.722. The Morgan fingerprint density at radius 3 is 2.68 bits per heavy atom. The number of nitrogens with one attached hydrogen (secondary N) is 1. The highest BCUT2D eigenvalue weighted by molar-refractivity contribution is 6.22.